The van der Waals surface area contributed by atoms with Crippen molar-refractivity contribution < 1.29 is 32.3 Å². The van der Waals surface area contributed by atoms with Gasteiger partial charge in [-0.05, 0) is 79.1 Å². The van der Waals surface area contributed by atoms with Gasteiger partial charge in [0.05, 0.1) is 51.3 Å². The topological polar surface area (TPSA) is 75.6 Å². The first-order chi connectivity index (χ1) is 14.2. The third kappa shape index (κ3) is 19.5. The van der Waals surface area contributed by atoms with Gasteiger partial charge in [0.25, 0.3) is 0 Å². The van der Waals surface area contributed by atoms with Crippen LogP contribution in [-0.4, -0.2) is 88.3 Å². The number of aliphatic hydroxyl groups excluding tert-OH is 1. The van der Waals surface area contributed by atoms with Crippen molar-refractivity contribution in [3.05, 3.63) is 0 Å². The third-order valence-electron chi connectivity index (χ3n) is 4.04. The molecular weight excluding hydrogens is 448 g/mol. The fourth-order valence-electron chi connectivity index (χ4n) is 3.16. The number of hydrogen-bond acceptors (Lipinski definition) is 7. The van der Waals surface area contributed by atoms with Crippen molar-refractivity contribution in [2.75, 3.05) is 39.6 Å². The molecule has 31 heavy (non-hydrogen) atoms. The van der Waals surface area contributed by atoms with E-state index in [1.165, 1.54) is 0 Å². The minimum absolute atomic E-state index is 0.00852. The van der Waals surface area contributed by atoms with E-state index in [0.717, 1.165) is 12.5 Å². The molecule has 0 aromatic heterocycles. The average Bonchev–Trinajstić information content (AvgIpc) is 2.59. The van der Waals surface area contributed by atoms with Crippen LogP contribution in [0.1, 0.15) is 27.2 Å². The maximum absolute atomic E-state index is 8.77. The highest BCUT2D eigenvalue weighted by Gasteiger charge is 2.39. The largest absolute Gasteiger partial charge is 0.437 e. The van der Waals surface area contributed by atoms with Gasteiger partial charge in [-0.25, -0.2) is 0 Å². The molecule has 0 aromatic carbocycles. The van der Waals surface area contributed by atoms with E-state index in [4.69, 9.17) is 32.3 Å². The summed E-state index contributed by atoms with van der Waals surface area (Å²) in [6, 6.07) is 0.957. The lowest BCUT2D eigenvalue weighted by atomic mass is 10.4. The Morgan fingerprint density at radius 1 is 0.645 bits per heavy atom. The molecule has 0 aliphatic carbocycles. The molecular formula is C21H50O7Si3. The van der Waals surface area contributed by atoms with E-state index in [1.807, 2.05) is 20.8 Å². The summed E-state index contributed by atoms with van der Waals surface area (Å²) in [5.74, 6) is 0. The van der Waals surface area contributed by atoms with Crippen LogP contribution in [0.15, 0.2) is 0 Å². The smallest absolute Gasteiger partial charge is 0.314 e. The van der Waals surface area contributed by atoms with Gasteiger partial charge >= 0.3 is 8.56 Å². The molecule has 0 fully saturated rings. The molecule has 0 saturated carbocycles. The predicted octanol–water partition coefficient (Wildman–Crippen LogP) is 4.38. The maximum Gasteiger partial charge on any atom is 0.314 e. The SMILES string of the molecule is CC(COCCC[Si](C)(O[Si](C)(C)C)O[Si](C)(C)C)OCC(C)OCC(C)OCCO. The number of aliphatic hydroxyl groups is 1. The van der Waals surface area contributed by atoms with Crippen LogP contribution in [0.2, 0.25) is 51.9 Å². The van der Waals surface area contributed by atoms with Crippen molar-refractivity contribution >= 4 is 25.2 Å². The number of hydrogen-bond donors (Lipinski definition) is 1. The van der Waals surface area contributed by atoms with Crippen LogP contribution in [0.25, 0.3) is 0 Å². The van der Waals surface area contributed by atoms with E-state index in [1.54, 1.807) is 0 Å². The molecule has 0 rings (SSSR count). The summed E-state index contributed by atoms with van der Waals surface area (Å²) in [6.07, 6.45) is 0.885. The van der Waals surface area contributed by atoms with Crippen LogP contribution in [0.5, 0.6) is 0 Å². The normalized spacial score (nSPS) is 16.4. The lowest BCUT2D eigenvalue weighted by Gasteiger charge is -2.38. The molecule has 3 atom stereocenters. The van der Waals surface area contributed by atoms with Gasteiger partial charge in [0.1, 0.15) is 0 Å². The zero-order chi connectivity index (χ0) is 24.1. The molecule has 188 valence electrons. The van der Waals surface area contributed by atoms with Gasteiger partial charge in [-0.15, -0.1) is 0 Å². The molecule has 3 unspecified atom stereocenters. The van der Waals surface area contributed by atoms with Crippen molar-refractivity contribution in [2.24, 2.45) is 0 Å². The standard InChI is InChI=1S/C21H50O7Si3/c1-19(25-18-21(3)26-17-20(2)24-14-12-22)16-23-13-11-15-31(10,27-29(4,5)6)28-30(7,8)9/h19-22H,11-18H2,1-10H3. The van der Waals surface area contributed by atoms with Gasteiger partial charge in [-0.1, -0.05) is 0 Å². The first-order valence-electron chi connectivity index (χ1n) is 11.6. The van der Waals surface area contributed by atoms with E-state index in [-0.39, 0.29) is 24.9 Å². The lowest BCUT2D eigenvalue weighted by Crippen LogP contribution is -2.52. The van der Waals surface area contributed by atoms with Crippen LogP contribution >= 0.6 is 0 Å². The molecule has 1 N–H and O–H groups in total. The minimum atomic E-state index is -2.18. The van der Waals surface area contributed by atoms with Crippen LogP contribution in [0, 0.1) is 0 Å². The van der Waals surface area contributed by atoms with E-state index < -0.39 is 25.2 Å². The molecule has 0 heterocycles. The molecule has 0 amide bonds. The molecule has 7 nitrogen and oxygen atoms in total. The van der Waals surface area contributed by atoms with Gasteiger partial charge in [-0.3, -0.25) is 0 Å². The van der Waals surface area contributed by atoms with Gasteiger partial charge in [0.15, 0.2) is 16.6 Å². The molecule has 0 aliphatic heterocycles. The Balaban J connectivity index is 4.10. The Bertz CT molecular complexity index is 439. The van der Waals surface area contributed by atoms with E-state index in [0.29, 0.717) is 33.0 Å². The molecule has 0 radical (unpaired) electrons. The van der Waals surface area contributed by atoms with Gasteiger partial charge < -0.3 is 32.3 Å². The summed E-state index contributed by atoms with van der Waals surface area (Å²) in [4.78, 5) is 0. The highest BCUT2D eigenvalue weighted by Crippen LogP contribution is 2.25. The van der Waals surface area contributed by atoms with Crippen molar-refractivity contribution in [3.63, 3.8) is 0 Å². The third-order valence-corrected chi connectivity index (χ3v) is 13.7. The predicted molar refractivity (Wildman–Crippen MR) is 134 cm³/mol. The summed E-state index contributed by atoms with van der Waals surface area (Å²) >= 11 is 0. The molecule has 0 spiro atoms. The van der Waals surface area contributed by atoms with Crippen LogP contribution in [-0.2, 0) is 27.2 Å². The Kier molecular flexibility index (Phi) is 15.5. The molecule has 0 saturated heterocycles. The average molecular weight is 499 g/mol. The Morgan fingerprint density at radius 2 is 1.10 bits per heavy atom. The number of ether oxygens (including phenoxy) is 4. The first-order valence-corrected chi connectivity index (χ1v) is 20.9. The highest BCUT2D eigenvalue weighted by molar-refractivity contribution is 6.87. The number of rotatable bonds is 19. The second-order valence-corrected chi connectivity index (χ2v) is 23.3. The van der Waals surface area contributed by atoms with Crippen molar-refractivity contribution in [1.29, 1.82) is 0 Å². The van der Waals surface area contributed by atoms with Gasteiger partial charge in [0, 0.05) is 6.61 Å². The zero-order valence-corrected chi connectivity index (χ0v) is 24.8. The van der Waals surface area contributed by atoms with Gasteiger partial charge in [-0.2, -0.15) is 0 Å². The summed E-state index contributed by atoms with van der Waals surface area (Å²) in [5, 5.41) is 8.77. The fourth-order valence-corrected chi connectivity index (χ4v) is 15.7. The maximum atomic E-state index is 8.77. The highest BCUT2D eigenvalue weighted by atomic mass is 28.5. The quantitative estimate of drug-likeness (QED) is 0.209. The summed E-state index contributed by atoms with van der Waals surface area (Å²) < 4.78 is 35.8. The molecule has 10 heteroatoms. The molecule has 0 bridgehead atoms. The van der Waals surface area contributed by atoms with E-state index in [9.17, 15) is 0 Å². The van der Waals surface area contributed by atoms with Crippen LogP contribution in [0.3, 0.4) is 0 Å². The Hall–Kier alpha value is 0.371. The van der Waals surface area contributed by atoms with Crippen molar-refractivity contribution in [3.8, 4) is 0 Å². The summed E-state index contributed by atoms with van der Waals surface area (Å²) in [5.41, 5.74) is 0. The lowest BCUT2D eigenvalue weighted by molar-refractivity contribution is -0.0820. The second-order valence-electron chi connectivity index (χ2n) is 10.4. The Labute approximate surface area is 194 Å². The second kappa shape index (κ2) is 15.3. The summed E-state index contributed by atoms with van der Waals surface area (Å²) in [6.45, 7) is 24.1. The minimum Gasteiger partial charge on any atom is -0.437 e. The monoisotopic (exact) mass is 498 g/mol. The molecule has 0 aromatic rings. The van der Waals surface area contributed by atoms with E-state index in [2.05, 4.69) is 45.8 Å². The molecule has 0 aliphatic rings. The van der Waals surface area contributed by atoms with Gasteiger partial charge in [0.2, 0.25) is 0 Å². The Morgan fingerprint density at radius 3 is 1.55 bits per heavy atom. The van der Waals surface area contributed by atoms with Crippen molar-refractivity contribution in [1.82, 2.24) is 0 Å². The summed E-state index contributed by atoms with van der Waals surface area (Å²) in [7, 11) is -5.49. The van der Waals surface area contributed by atoms with Crippen molar-refractivity contribution in [2.45, 2.75) is 97.4 Å². The van der Waals surface area contributed by atoms with Crippen LogP contribution in [0.4, 0.5) is 0 Å². The fraction of sp³-hybridized carbons (Fsp3) is 1.00. The van der Waals surface area contributed by atoms with E-state index >= 15 is 0 Å². The van der Waals surface area contributed by atoms with Crippen LogP contribution < -0.4 is 0 Å². The first kappa shape index (κ1) is 31.4. The zero-order valence-electron chi connectivity index (χ0n) is 21.8.